The van der Waals surface area contributed by atoms with Gasteiger partial charge in [0.25, 0.3) is 0 Å². The molecule has 4 aromatic rings. The minimum Gasteiger partial charge on any atom is -0.0654 e. The SMILES string of the molecule is CCCCCCC1(CCCCCC)c2cc(C=Cc3ccc(C)cc3)ccc2-c2ccc(C=Cc3ccc(C)cc3)cc21. The van der Waals surface area contributed by atoms with Gasteiger partial charge in [0.1, 0.15) is 0 Å². The number of unbranched alkanes of at least 4 members (excludes halogenated alkanes) is 6. The predicted molar refractivity (Wildman–Crippen MR) is 190 cm³/mol. The van der Waals surface area contributed by atoms with Crippen LogP contribution in [0, 0.1) is 13.8 Å². The molecule has 0 saturated carbocycles. The van der Waals surface area contributed by atoms with Crippen molar-refractivity contribution in [3.8, 4) is 11.1 Å². The summed E-state index contributed by atoms with van der Waals surface area (Å²) in [6, 6.07) is 32.2. The fourth-order valence-electron chi connectivity index (χ4n) is 6.85. The molecule has 1 aliphatic carbocycles. The van der Waals surface area contributed by atoms with Crippen LogP contribution in [0.5, 0.6) is 0 Å². The molecule has 0 N–H and O–H groups in total. The van der Waals surface area contributed by atoms with E-state index in [1.165, 1.54) is 109 Å². The van der Waals surface area contributed by atoms with Crippen molar-refractivity contribution in [1.82, 2.24) is 0 Å². The van der Waals surface area contributed by atoms with Crippen molar-refractivity contribution < 1.29 is 0 Å². The maximum atomic E-state index is 2.53. The van der Waals surface area contributed by atoms with Crippen molar-refractivity contribution in [2.45, 2.75) is 97.3 Å². The van der Waals surface area contributed by atoms with Crippen LogP contribution >= 0.6 is 0 Å². The minimum absolute atomic E-state index is 0.0770. The van der Waals surface area contributed by atoms with Crippen LogP contribution in [0.4, 0.5) is 0 Å². The first-order chi connectivity index (χ1) is 21.0. The largest absolute Gasteiger partial charge is 0.0654 e. The van der Waals surface area contributed by atoms with E-state index < -0.39 is 0 Å². The lowest BCUT2D eigenvalue weighted by Gasteiger charge is -2.33. The maximum absolute atomic E-state index is 2.53. The van der Waals surface area contributed by atoms with Crippen LogP contribution in [-0.2, 0) is 5.41 Å². The van der Waals surface area contributed by atoms with E-state index in [2.05, 4.69) is 137 Å². The Morgan fingerprint density at radius 2 is 0.814 bits per heavy atom. The van der Waals surface area contributed by atoms with Crippen molar-refractivity contribution >= 4 is 24.3 Å². The molecule has 0 unspecified atom stereocenters. The second kappa shape index (κ2) is 14.7. The van der Waals surface area contributed by atoms with Crippen LogP contribution in [0.1, 0.15) is 123 Å². The normalized spacial score (nSPS) is 13.6. The average molecular weight is 567 g/mol. The van der Waals surface area contributed by atoms with E-state index in [9.17, 15) is 0 Å². The number of rotatable bonds is 14. The van der Waals surface area contributed by atoms with E-state index in [4.69, 9.17) is 0 Å². The number of aryl methyl sites for hydroxylation is 2. The van der Waals surface area contributed by atoms with Crippen molar-refractivity contribution in [3.05, 3.63) is 129 Å². The lowest BCUT2D eigenvalue weighted by molar-refractivity contribution is 0.401. The molecule has 4 aromatic carbocycles. The molecule has 0 aromatic heterocycles. The summed E-state index contributed by atoms with van der Waals surface area (Å²) in [5.41, 5.74) is 13.8. The van der Waals surface area contributed by atoms with E-state index in [-0.39, 0.29) is 5.41 Å². The van der Waals surface area contributed by atoms with Crippen LogP contribution in [0.15, 0.2) is 84.9 Å². The molecule has 0 fully saturated rings. The number of hydrogen-bond acceptors (Lipinski definition) is 0. The quantitative estimate of drug-likeness (QED) is 0.105. The third-order valence-corrected chi connectivity index (χ3v) is 9.41. The summed E-state index contributed by atoms with van der Waals surface area (Å²) in [4.78, 5) is 0. The Morgan fingerprint density at radius 3 is 1.21 bits per heavy atom. The fraction of sp³-hybridized carbons (Fsp3) is 0.349. The molecule has 0 aliphatic heterocycles. The average Bonchev–Trinajstić information content (AvgIpc) is 3.29. The zero-order valence-corrected chi connectivity index (χ0v) is 27.0. The van der Waals surface area contributed by atoms with Gasteiger partial charge in [-0.15, -0.1) is 0 Å². The summed E-state index contributed by atoms with van der Waals surface area (Å²) < 4.78 is 0. The highest BCUT2D eigenvalue weighted by molar-refractivity contribution is 5.85. The molecule has 0 spiro atoms. The lowest BCUT2D eigenvalue weighted by atomic mass is 9.70. The molecule has 0 heterocycles. The Kier molecular flexibility index (Phi) is 10.5. The van der Waals surface area contributed by atoms with Gasteiger partial charge in [-0.3, -0.25) is 0 Å². The van der Waals surface area contributed by atoms with Crippen LogP contribution < -0.4 is 0 Å². The highest BCUT2D eigenvalue weighted by Crippen LogP contribution is 2.55. The first-order valence-electron chi connectivity index (χ1n) is 16.8. The number of benzene rings is 4. The zero-order chi connectivity index (χ0) is 30.1. The fourth-order valence-corrected chi connectivity index (χ4v) is 6.85. The maximum Gasteiger partial charge on any atom is 0.0215 e. The highest BCUT2D eigenvalue weighted by atomic mass is 14.4. The minimum atomic E-state index is 0.0770. The zero-order valence-electron chi connectivity index (χ0n) is 27.0. The molecular weight excluding hydrogens is 516 g/mol. The van der Waals surface area contributed by atoms with Crippen molar-refractivity contribution in [2.75, 3.05) is 0 Å². The Morgan fingerprint density at radius 1 is 0.442 bits per heavy atom. The molecule has 0 amide bonds. The monoisotopic (exact) mass is 566 g/mol. The molecule has 222 valence electrons. The first kappa shape index (κ1) is 30.8. The van der Waals surface area contributed by atoms with E-state index in [0.29, 0.717) is 0 Å². The third kappa shape index (κ3) is 7.48. The standard InChI is InChI=1S/C43H50/c1-5-7-9-11-29-43(30-12-10-8-6-2)41-31-37(23-21-35-17-13-33(3)14-18-35)25-27-39(41)40-28-26-38(32-42(40)43)24-22-36-19-15-34(4)16-20-36/h13-28,31-32H,5-12,29-30H2,1-4H3. The van der Waals surface area contributed by atoms with Crippen molar-refractivity contribution in [3.63, 3.8) is 0 Å². The van der Waals surface area contributed by atoms with Crippen molar-refractivity contribution in [1.29, 1.82) is 0 Å². The van der Waals surface area contributed by atoms with Gasteiger partial charge in [-0.2, -0.15) is 0 Å². The summed E-state index contributed by atoms with van der Waals surface area (Å²) in [6.45, 7) is 8.94. The van der Waals surface area contributed by atoms with Crippen molar-refractivity contribution in [2.24, 2.45) is 0 Å². The van der Waals surface area contributed by atoms with E-state index in [1.54, 1.807) is 11.1 Å². The molecule has 0 atom stereocenters. The molecule has 0 saturated heterocycles. The van der Waals surface area contributed by atoms with Crippen LogP contribution in [0.25, 0.3) is 35.4 Å². The molecule has 0 bridgehead atoms. The summed E-state index contributed by atoms with van der Waals surface area (Å²) in [7, 11) is 0. The predicted octanol–water partition coefficient (Wildman–Crippen LogP) is 12.9. The molecule has 43 heavy (non-hydrogen) atoms. The van der Waals surface area contributed by atoms with Crippen LogP contribution in [-0.4, -0.2) is 0 Å². The summed E-state index contributed by atoms with van der Waals surface area (Å²) in [5, 5.41) is 0. The molecule has 1 aliphatic rings. The van der Waals surface area contributed by atoms with Gasteiger partial charge in [0.15, 0.2) is 0 Å². The molecule has 0 nitrogen and oxygen atoms in total. The Labute approximate surface area is 261 Å². The number of hydrogen-bond donors (Lipinski definition) is 0. The Balaban J connectivity index is 1.55. The lowest BCUT2D eigenvalue weighted by Crippen LogP contribution is -2.25. The van der Waals surface area contributed by atoms with Gasteiger partial charge < -0.3 is 0 Å². The van der Waals surface area contributed by atoms with E-state index in [0.717, 1.165) is 0 Å². The van der Waals surface area contributed by atoms with Gasteiger partial charge in [-0.05, 0) is 71.2 Å². The van der Waals surface area contributed by atoms with Gasteiger partial charge in [0.2, 0.25) is 0 Å². The van der Waals surface area contributed by atoms with Gasteiger partial charge >= 0.3 is 0 Å². The van der Waals surface area contributed by atoms with Crippen LogP contribution in [0.2, 0.25) is 0 Å². The van der Waals surface area contributed by atoms with Gasteiger partial charge in [-0.25, -0.2) is 0 Å². The van der Waals surface area contributed by atoms with Gasteiger partial charge in [0.05, 0.1) is 0 Å². The summed E-state index contributed by atoms with van der Waals surface area (Å²) in [6.07, 6.45) is 22.0. The first-order valence-corrected chi connectivity index (χ1v) is 16.8. The highest BCUT2D eigenvalue weighted by Gasteiger charge is 2.42. The van der Waals surface area contributed by atoms with E-state index in [1.807, 2.05) is 0 Å². The number of fused-ring (bicyclic) bond motifs is 3. The third-order valence-electron chi connectivity index (χ3n) is 9.41. The van der Waals surface area contributed by atoms with E-state index >= 15 is 0 Å². The summed E-state index contributed by atoms with van der Waals surface area (Å²) >= 11 is 0. The van der Waals surface area contributed by atoms with Gasteiger partial charge in [-0.1, -0.05) is 186 Å². The topological polar surface area (TPSA) is 0 Å². The second-order valence-corrected chi connectivity index (χ2v) is 12.8. The molecule has 0 heteroatoms. The van der Waals surface area contributed by atoms with Gasteiger partial charge in [0, 0.05) is 5.41 Å². The molecule has 0 radical (unpaired) electrons. The molecular formula is C43H50. The Hall–Kier alpha value is -3.64. The Bertz CT molecular complexity index is 1410. The smallest absolute Gasteiger partial charge is 0.0215 e. The van der Waals surface area contributed by atoms with Crippen LogP contribution in [0.3, 0.4) is 0 Å². The molecule has 5 rings (SSSR count). The second-order valence-electron chi connectivity index (χ2n) is 12.8. The summed E-state index contributed by atoms with van der Waals surface area (Å²) in [5.74, 6) is 0.